The minimum Gasteiger partial charge on any atom is -0.317 e. The van der Waals surface area contributed by atoms with Crippen LogP contribution in [-0.4, -0.2) is 31.1 Å². The monoisotopic (exact) mass is 356 g/mol. The van der Waals surface area contributed by atoms with Crippen molar-refractivity contribution in [3.63, 3.8) is 0 Å². The molecule has 118 valence electrons. The summed E-state index contributed by atoms with van der Waals surface area (Å²) in [4.78, 5) is 2.45. The Balaban J connectivity index is 2.08. The van der Waals surface area contributed by atoms with Gasteiger partial charge in [0.2, 0.25) is 0 Å². The first kappa shape index (κ1) is 16.9. The molecule has 2 rings (SSSR count). The molecule has 0 spiro atoms. The molecule has 1 atom stereocenters. The van der Waals surface area contributed by atoms with Crippen LogP contribution in [0.15, 0.2) is 22.7 Å². The van der Waals surface area contributed by atoms with Crippen LogP contribution in [0.25, 0.3) is 0 Å². The molecule has 4 heteroatoms. The van der Waals surface area contributed by atoms with Gasteiger partial charge in [-0.05, 0) is 63.9 Å². The normalized spacial score (nSPS) is 18.1. The Bertz CT molecular complexity index is 446. The molecule has 1 N–H and O–H groups in total. The van der Waals surface area contributed by atoms with E-state index in [4.69, 9.17) is 0 Å². The summed E-state index contributed by atoms with van der Waals surface area (Å²) in [5, 5.41) is 3.41. The average Bonchev–Trinajstić information content (AvgIpc) is 2.47. The van der Waals surface area contributed by atoms with Crippen molar-refractivity contribution in [2.45, 2.75) is 39.2 Å². The Kier molecular flexibility index (Phi) is 6.65. The highest BCUT2D eigenvalue weighted by atomic mass is 79.9. The van der Waals surface area contributed by atoms with Crippen LogP contribution in [-0.2, 0) is 0 Å². The fourth-order valence-electron chi connectivity index (χ4n) is 3.16. The summed E-state index contributed by atoms with van der Waals surface area (Å²) >= 11 is 3.33. The van der Waals surface area contributed by atoms with Gasteiger partial charge >= 0.3 is 0 Å². The number of hydrogen-bond acceptors (Lipinski definition) is 2. The average molecular weight is 357 g/mol. The number of hydrogen-bond donors (Lipinski definition) is 1. The molecule has 0 aromatic heterocycles. The molecule has 0 radical (unpaired) electrons. The van der Waals surface area contributed by atoms with Crippen molar-refractivity contribution in [3.8, 4) is 0 Å². The molecule has 0 aliphatic carbocycles. The van der Waals surface area contributed by atoms with Crippen molar-refractivity contribution < 1.29 is 4.39 Å². The number of piperidine rings is 1. The zero-order chi connectivity index (χ0) is 15.2. The van der Waals surface area contributed by atoms with Crippen LogP contribution in [0, 0.1) is 11.7 Å². The molecule has 1 aliphatic rings. The third-order valence-electron chi connectivity index (χ3n) is 4.42. The van der Waals surface area contributed by atoms with Crippen molar-refractivity contribution in [3.05, 3.63) is 34.1 Å². The van der Waals surface area contributed by atoms with Gasteiger partial charge in [0.05, 0.1) is 0 Å². The van der Waals surface area contributed by atoms with Crippen LogP contribution in [0.3, 0.4) is 0 Å². The lowest BCUT2D eigenvalue weighted by atomic mass is 9.96. The third-order valence-corrected chi connectivity index (χ3v) is 4.92. The Labute approximate surface area is 136 Å². The molecule has 1 heterocycles. The number of nitrogens with one attached hydrogen (secondary N) is 1. The van der Waals surface area contributed by atoms with Crippen molar-refractivity contribution in [2.24, 2.45) is 5.92 Å². The van der Waals surface area contributed by atoms with Gasteiger partial charge in [-0.2, -0.15) is 0 Å². The first-order chi connectivity index (χ1) is 10.1. The van der Waals surface area contributed by atoms with E-state index in [1.165, 1.54) is 12.8 Å². The molecular formula is C17H26BrFN2. The summed E-state index contributed by atoms with van der Waals surface area (Å²) in [5.74, 6) is 0.627. The molecule has 0 amide bonds. The molecule has 1 aliphatic heterocycles. The van der Waals surface area contributed by atoms with Gasteiger partial charge in [-0.25, -0.2) is 4.39 Å². The van der Waals surface area contributed by atoms with E-state index in [0.29, 0.717) is 0 Å². The van der Waals surface area contributed by atoms with Crippen LogP contribution in [0.2, 0.25) is 0 Å². The van der Waals surface area contributed by atoms with Crippen molar-refractivity contribution >= 4 is 15.9 Å². The quantitative estimate of drug-likeness (QED) is 0.814. The van der Waals surface area contributed by atoms with E-state index in [-0.39, 0.29) is 11.9 Å². The second-order valence-electron chi connectivity index (χ2n) is 6.03. The maximum absolute atomic E-state index is 14.2. The molecule has 0 saturated carbocycles. The van der Waals surface area contributed by atoms with Gasteiger partial charge in [0.1, 0.15) is 5.82 Å². The largest absolute Gasteiger partial charge is 0.317 e. The molecule has 1 unspecified atom stereocenters. The topological polar surface area (TPSA) is 15.3 Å². The lowest BCUT2D eigenvalue weighted by Gasteiger charge is -2.34. The summed E-state index contributed by atoms with van der Waals surface area (Å²) in [7, 11) is 0. The smallest absolute Gasteiger partial charge is 0.129 e. The molecule has 1 fully saturated rings. The van der Waals surface area contributed by atoms with Gasteiger partial charge in [0.25, 0.3) is 0 Å². The summed E-state index contributed by atoms with van der Waals surface area (Å²) < 4.78 is 15.0. The van der Waals surface area contributed by atoms with Crippen LogP contribution in [0.5, 0.6) is 0 Å². The minimum atomic E-state index is -0.108. The van der Waals surface area contributed by atoms with Gasteiger partial charge in [-0.3, -0.25) is 4.90 Å². The van der Waals surface area contributed by atoms with E-state index in [1.807, 2.05) is 12.1 Å². The number of benzene rings is 1. The first-order valence-electron chi connectivity index (χ1n) is 8.01. The van der Waals surface area contributed by atoms with E-state index in [1.54, 1.807) is 6.07 Å². The molecule has 2 nitrogen and oxygen atoms in total. The van der Waals surface area contributed by atoms with E-state index in [0.717, 1.165) is 48.6 Å². The number of halogens is 2. The molecule has 1 aromatic rings. The standard InChI is InChI=1S/C17H26BrFN2/c1-3-10-21(12-14-6-8-20-9-7-14)13(2)16-5-4-15(18)11-17(16)19/h4-5,11,13-14,20H,3,6-10,12H2,1-2H3. The van der Waals surface area contributed by atoms with Crippen LogP contribution in [0.1, 0.15) is 44.7 Å². The van der Waals surface area contributed by atoms with Gasteiger partial charge in [0.15, 0.2) is 0 Å². The van der Waals surface area contributed by atoms with Crippen LogP contribution >= 0.6 is 15.9 Å². The summed E-state index contributed by atoms with van der Waals surface area (Å²) in [6.45, 7) is 8.66. The van der Waals surface area contributed by atoms with E-state index < -0.39 is 0 Å². The Morgan fingerprint density at radius 2 is 2.10 bits per heavy atom. The number of rotatable bonds is 6. The van der Waals surface area contributed by atoms with E-state index in [2.05, 4.69) is 40.0 Å². The van der Waals surface area contributed by atoms with Gasteiger partial charge in [-0.1, -0.05) is 28.9 Å². The highest BCUT2D eigenvalue weighted by Gasteiger charge is 2.22. The fourth-order valence-corrected chi connectivity index (χ4v) is 3.50. The predicted molar refractivity (Wildman–Crippen MR) is 90.0 cm³/mol. The third kappa shape index (κ3) is 4.76. The zero-order valence-electron chi connectivity index (χ0n) is 13.0. The second kappa shape index (κ2) is 8.25. The fraction of sp³-hybridized carbons (Fsp3) is 0.647. The highest BCUT2D eigenvalue weighted by Crippen LogP contribution is 2.27. The SMILES string of the molecule is CCCN(CC1CCNCC1)C(C)c1ccc(Br)cc1F. The highest BCUT2D eigenvalue weighted by molar-refractivity contribution is 9.10. The summed E-state index contributed by atoms with van der Waals surface area (Å²) in [6.07, 6.45) is 3.57. The first-order valence-corrected chi connectivity index (χ1v) is 8.80. The predicted octanol–water partition coefficient (Wildman–Crippen LogP) is 4.36. The van der Waals surface area contributed by atoms with Gasteiger partial charge in [0, 0.05) is 22.6 Å². The molecule has 0 bridgehead atoms. The second-order valence-corrected chi connectivity index (χ2v) is 6.95. The number of nitrogens with zero attached hydrogens (tertiary/aromatic N) is 1. The van der Waals surface area contributed by atoms with E-state index >= 15 is 0 Å². The molecule has 1 aromatic carbocycles. The maximum atomic E-state index is 14.2. The lowest BCUT2D eigenvalue weighted by molar-refractivity contribution is 0.158. The van der Waals surface area contributed by atoms with Crippen molar-refractivity contribution in [1.82, 2.24) is 10.2 Å². The minimum absolute atomic E-state index is 0.108. The Hall–Kier alpha value is -0.450. The maximum Gasteiger partial charge on any atom is 0.129 e. The van der Waals surface area contributed by atoms with Gasteiger partial charge < -0.3 is 5.32 Å². The van der Waals surface area contributed by atoms with Crippen LogP contribution in [0.4, 0.5) is 4.39 Å². The van der Waals surface area contributed by atoms with Crippen LogP contribution < -0.4 is 5.32 Å². The van der Waals surface area contributed by atoms with E-state index in [9.17, 15) is 4.39 Å². The zero-order valence-corrected chi connectivity index (χ0v) is 14.6. The Morgan fingerprint density at radius 1 is 1.38 bits per heavy atom. The summed E-state index contributed by atoms with van der Waals surface area (Å²) in [5.41, 5.74) is 0.806. The van der Waals surface area contributed by atoms with Crippen molar-refractivity contribution in [2.75, 3.05) is 26.2 Å². The lowest BCUT2D eigenvalue weighted by Crippen LogP contribution is -2.38. The molecular weight excluding hydrogens is 331 g/mol. The summed E-state index contributed by atoms with van der Waals surface area (Å²) in [6, 6.07) is 5.55. The molecule has 21 heavy (non-hydrogen) atoms. The van der Waals surface area contributed by atoms with Crippen molar-refractivity contribution in [1.29, 1.82) is 0 Å². The Morgan fingerprint density at radius 3 is 2.71 bits per heavy atom. The van der Waals surface area contributed by atoms with Gasteiger partial charge in [-0.15, -0.1) is 0 Å². The molecule has 1 saturated heterocycles.